The Hall–Kier alpha value is -2.68. The highest BCUT2D eigenvalue weighted by Crippen LogP contribution is 2.37. The van der Waals surface area contributed by atoms with Gasteiger partial charge in [-0.15, -0.1) is 0 Å². The van der Waals surface area contributed by atoms with Gasteiger partial charge in [0.1, 0.15) is 5.75 Å². The molecule has 3 nitrogen and oxygen atoms in total. The Bertz CT molecular complexity index is 810. The number of ether oxygens (including phenoxy) is 1. The van der Waals surface area contributed by atoms with Gasteiger partial charge in [-0.05, 0) is 85.6 Å². The topological polar surface area (TPSA) is 43.4 Å². The SMILES string of the molecule is C=CC(=O)c1ccc(OC(=O)c2ccc(C3CCC(CCC)CC3)cc2)cc1. The molecule has 0 aliphatic heterocycles. The van der Waals surface area contributed by atoms with Crippen LogP contribution in [0.1, 0.15) is 77.6 Å². The fraction of sp³-hybridized carbons (Fsp3) is 0.360. The first kappa shape index (κ1) is 20.1. The van der Waals surface area contributed by atoms with Gasteiger partial charge in [-0.2, -0.15) is 0 Å². The van der Waals surface area contributed by atoms with E-state index in [2.05, 4.69) is 25.6 Å². The smallest absolute Gasteiger partial charge is 0.343 e. The van der Waals surface area contributed by atoms with Crippen LogP contribution in [0.15, 0.2) is 61.2 Å². The maximum absolute atomic E-state index is 12.4. The normalized spacial score (nSPS) is 19.0. The molecule has 1 aliphatic rings. The summed E-state index contributed by atoms with van der Waals surface area (Å²) in [6.45, 7) is 5.73. The molecule has 0 spiro atoms. The summed E-state index contributed by atoms with van der Waals surface area (Å²) < 4.78 is 5.42. The fourth-order valence-corrected chi connectivity index (χ4v) is 4.06. The van der Waals surface area contributed by atoms with Gasteiger partial charge in [-0.1, -0.05) is 38.5 Å². The van der Waals surface area contributed by atoms with Crippen molar-refractivity contribution in [3.8, 4) is 5.75 Å². The van der Waals surface area contributed by atoms with E-state index in [0.717, 1.165) is 5.92 Å². The van der Waals surface area contributed by atoms with Crippen LogP contribution in [0.2, 0.25) is 0 Å². The number of allylic oxidation sites excluding steroid dienone is 1. The van der Waals surface area contributed by atoms with E-state index in [-0.39, 0.29) is 11.8 Å². The van der Waals surface area contributed by atoms with Crippen molar-refractivity contribution in [3.05, 3.63) is 77.9 Å². The number of carbonyl (C=O) groups is 2. The first-order valence-electron chi connectivity index (χ1n) is 10.2. The summed E-state index contributed by atoms with van der Waals surface area (Å²) in [5.41, 5.74) is 2.38. The third kappa shape index (κ3) is 4.98. The number of benzene rings is 2. The maximum Gasteiger partial charge on any atom is 0.343 e. The van der Waals surface area contributed by atoms with Gasteiger partial charge in [-0.25, -0.2) is 4.79 Å². The molecular formula is C25H28O3. The van der Waals surface area contributed by atoms with E-state index in [9.17, 15) is 9.59 Å². The molecule has 146 valence electrons. The third-order valence-electron chi connectivity index (χ3n) is 5.70. The monoisotopic (exact) mass is 376 g/mol. The number of esters is 1. The van der Waals surface area contributed by atoms with Crippen LogP contribution in [0, 0.1) is 5.92 Å². The molecule has 1 saturated carbocycles. The van der Waals surface area contributed by atoms with Crippen molar-refractivity contribution in [2.45, 2.75) is 51.4 Å². The Kier molecular flexibility index (Phi) is 6.80. The summed E-state index contributed by atoms with van der Waals surface area (Å²) in [4.78, 5) is 23.9. The molecule has 0 amide bonds. The molecule has 3 rings (SSSR count). The number of ketones is 1. The molecule has 1 fully saturated rings. The van der Waals surface area contributed by atoms with Gasteiger partial charge in [0.05, 0.1) is 5.56 Å². The average molecular weight is 376 g/mol. The van der Waals surface area contributed by atoms with Crippen LogP contribution in [0.4, 0.5) is 0 Å². The van der Waals surface area contributed by atoms with Crippen molar-refractivity contribution in [1.82, 2.24) is 0 Å². The molecule has 3 heteroatoms. The molecule has 0 saturated heterocycles. The highest BCUT2D eigenvalue weighted by molar-refractivity contribution is 6.04. The van der Waals surface area contributed by atoms with Crippen LogP contribution in [-0.4, -0.2) is 11.8 Å². The van der Waals surface area contributed by atoms with E-state index in [1.165, 1.54) is 50.2 Å². The van der Waals surface area contributed by atoms with E-state index in [4.69, 9.17) is 4.74 Å². The predicted molar refractivity (Wildman–Crippen MR) is 112 cm³/mol. The molecule has 0 heterocycles. The molecule has 0 aromatic heterocycles. The van der Waals surface area contributed by atoms with Crippen molar-refractivity contribution < 1.29 is 14.3 Å². The summed E-state index contributed by atoms with van der Waals surface area (Å²) >= 11 is 0. The van der Waals surface area contributed by atoms with Crippen molar-refractivity contribution in [1.29, 1.82) is 0 Å². The van der Waals surface area contributed by atoms with Crippen molar-refractivity contribution >= 4 is 11.8 Å². The van der Waals surface area contributed by atoms with E-state index in [0.29, 0.717) is 22.8 Å². The molecule has 2 aromatic rings. The van der Waals surface area contributed by atoms with Crippen molar-refractivity contribution in [3.63, 3.8) is 0 Å². The minimum atomic E-state index is -0.388. The van der Waals surface area contributed by atoms with E-state index >= 15 is 0 Å². The van der Waals surface area contributed by atoms with Crippen LogP contribution in [0.25, 0.3) is 0 Å². The standard InChI is InChI=1S/C25H28O3/c1-3-5-18-6-8-19(9-7-18)20-10-12-22(13-11-20)25(27)28-23-16-14-21(15-17-23)24(26)4-2/h4,10-19H,2-3,5-9H2,1H3. The van der Waals surface area contributed by atoms with Gasteiger partial charge in [0.15, 0.2) is 5.78 Å². The second-order valence-electron chi connectivity index (χ2n) is 7.61. The number of hydrogen-bond donors (Lipinski definition) is 0. The largest absolute Gasteiger partial charge is 0.423 e. The second-order valence-corrected chi connectivity index (χ2v) is 7.61. The Labute approximate surface area is 167 Å². The minimum Gasteiger partial charge on any atom is -0.423 e. The highest BCUT2D eigenvalue weighted by Gasteiger charge is 2.22. The average Bonchev–Trinajstić information content (AvgIpc) is 2.74. The van der Waals surface area contributed by atoms with Crippen molar-refractivity contribution in [2.24, 2.45) is 5.92 Å². The van der Waals surface area contributed by atoms with Gasteiger partial charge in [-0.3, -0.25) is 4.79 Å². The lowest BCUT2D eigenvalue weighted by molar-refractivity contribution is 0.0734. The number of hydrogen-bond acceptors (Lipinski definition) is 3. The lowest BCUT2D eigenvalue weighted by atomic mass is 9.77. The summed E-state index contributed by atoms with van der Waals surface area (Å²) in [7, 11) is 0. The second kappa shape index (κ2) is 9.50. The molecule has 0 radical (unpaired) electrons. The van der Waals surface area contributed by atoms with Crippen LogP contribution in [0.5, 0.6) is 5.75 Å². The molecule has 2 aromatic carbocycles. The van der Waals surface area contributed by atoms with E-state index in [1.54, 1.807) is 24.3 Å². The summed E-state index contributed by atoms with van der Waals surface area (Å²) in [6.07, 6.45) is 8.99. The highest BCUT2D eigenvalue weighted by atomic mass is 16.5. The lowest BCUT2D eigenvalue weighted by Crippen LogP contribution is -2.13. The molecule has 0 atom stereocenters. The molecule has 0 unspecified atom stereocenters. The predicted octanol–water partition coefficient (Wildman–Crippen LogP) is 6.35. The Morgan fingerprint density at radius 2 is 1.57 bits per heavy atom. The van der Waals surface area contributed by atoms with Gasteiger partial charge in [0.2, 0.25) is 0 Å². The van der Waals surface area contributed by atoms with Gasteiger partial charge in [0, 0.05) is 5.56 Å². The Morgan fingerprint density at radius 1 is 0.964 bits per heavy atom. The molecular weight excluding hydrogens is 348 g/mol. The Morgan fingerprint density at radius 3 is 2.14 bits per heavy atom. The fourth-order valence-electron chi connectivity index (χ4n) is 4.06. The summed E-state index contributed by atoms with van der Waals surface area (Å²) in [5, 5.41) is 0. The minimum absolute atomic E-state index is 0.155. The zero-order valence-corrected chi connectivity index (χ0v) is 16.5. The lowest BCUT2D eigenvalue weighted by Gasteiger charge is -2.28. The first-order chi connectivity index (χ1) is 13.6. The van der Waals surface area contributed by atoms with Gasteiger partial charge >= 0.3 is 5.97 Å². The van der Waals surface area contributed by atoms with Crippen LogP contribution < -0.4 is 4.74 Å². The quantitative estimate of drug-likeness (QED) is 0.245. The molecule has 1 aliphatic carbocycles. The third-order valence-corrected chi connectivity index (χ3v) is 5.70. The maximum atomic E-state index is 12.4. The number of rotatable bonds is 7. The zero-order valence-electron chi connectivity index (χ0n) is 16.5. The summed E-state index contributed by atoms with van der Waals surface area (Å²) in [6, 6.07) is 14.3. The number of carbonyl (C=O) groups excluding carboxylic acids is 2. The van der Waals surface area contributed by atoms with E-state index < -0.39 is 0 Å². The molecule has 0 N–H and O–H groups in total. The zero-order chi connectivity index (χ0) is 19.9. The van der Waals surface area contributed by atoms with Gasteiger partial charge in [0.25, 0.3) is 0 Å². The van der Waals surface area contributed by atoms with Crippen LogP contribution in [-0.2, 0) is 0 Å². The Balaban J connectivity index is 1.58. The van der Waals surface area contributed by atoms with Crippen LogP contribution >= 0.6 is 0 Å². The van der Waals surface area contributed by atoms with Crippen LogP contribution in [0.3, 0.4) is 0 Å². The first-order valence-corrected chi connectivity index (χ1v) is 10.2. The molecule has 0 bridgehead atoms. The summed E-state index contributed by atoms with van der Waals surface area (Å²) in [5.74, 6) is 1.37. The van der Waals surface area contributed by atoms with E-state index in [1.807, 2.05) is 12.1 Å². The van der Waals surface area contributed by atoms with Crippen molar-refractivity contribution in [2.75, 3.05) is 0 Å². The van der Waals surface area contributed by atoms with Gasteiger partial charge < -0.3 is 4.74 Å². The molecule has 28 heavy (non-hydrogen) atoms.